The lowest BCUT2D eigenvalue weighted by Gasteiger charge is -2.03. The number of nitrogens with two attached hydrogens (primary N) is 1. The number of benzene rings is 1. The van der Waals surface area contributed by atoms with Gasteiger partial charge in [-0.2, -0.15) is 0 Å². The van der Waals surface area contributed by atoms with Gasteiger partial charge in [0.2, 0.25) is 5.91 Å². The highest BCUT2D eigenvalue weighted by atomic mass is 16.3. The average Bonchev–Trinajstić information content (AvgIpc) is 2.04. The molecule has 0 spiro atoms. The van der Waals surface area contributed by atoms with Gasteiger partial charge < -0.3 is 16.2 Å². The largest absolute Gasteiger partial charge is 0.399 e. The maximum absolute atomic E-state index is 11.0. The van der Waals surface area contributed by atoms with Gasteiger partial charge in [-0.25, -0.2) is 0 Å². The van der Waals surface area contributed by atoms with Crippen molar-refractivity contribution in [1.29, 1.82) is 0 Å². The van der Waals surface area contributed by atoms with Crippen molar-refractivity contribution in [2.45, 2.75) is 6.42 Å². The summed E-state index contributed by atoms with van der Waals surface area (Å²) in [5, 5.41) is 11.1. The summed E-state index contributed by atoms with van der Waals surface area (Å²) >= 11 is 0. The molecular formula is C9H12N2O2. The predicted octanol–water partition coefficient (Wildman–Crippen LogP) is 0.590. The highest BCUT2D eigenvalue weighted by Crippen LogP contribution is 2.11. The minimum Gasteiger partial charge on any atom is -0.399 e. The number of hydrogen-bond acceptors (Lipinski definition) is 3. The lowest BCUT2D eigenvalue weighted by Crippen LogP contribution is -2.12. The standard InChI is InChI=1S/C9H12N2O2/c10-7-2-1-3-8(6-7)11-9(13)4-5-12/h1-3,6,12H,4-5,10H2,(H,11,13). The zero-order valence-electron chi connectivity index (χ0n) is 7.16. The van der Waals surface area contributed by atoms with Gasteiger partial charge in [-0.05, 0) is 18.2 Å². The third-order valence-corrected chi connectivity index (χ3v) is 1.51. The Morgan fingerprint density at radius 3 is 2.92 bits per heavy atom. The minimum absolute atomic E-state index is 0.106. The first kappa shape index (κ1) is 9.54. The number of rotatable bonds is 3. The Kier molecular flexibility index (Phi) is 3.28. The van der Waals surface area contributed by atoms with Gasteiger partial charge in [-0.15, -0.1) is 0 Å². The average molecular weight is 180 g/mol. The monoisotopic (exact) mass is 180 g/mol. The molecule has 4 heteroatoms. The fourth-order valence-electron chi connectivity index (χ4n) is 0.941. The van der Waals surface area contributed by atoms with Crippen molar-refractivity contribution in [3.8, 4) is 0 Å². The van der Waals surface area contributed by atoms with E-state index in [-0.39, 0.29) is 18.9 Å². The molecule has 1 rings (SSSR count). The molecule has 4 nitrogen and oxygen atoms in total. The van der Waals surface area contributed by atoms with Crippen LogP contribution in [0.25, 0.3) is 0 Å². The van der Waals surface area contributed by atoms with E-state index in [1.54, 1.807) is 24.3 Å². The normalized spacial score (nSPS) is 9.62. The molecule has 1 aromatic carbocycles. The smallest absolute Gasteiger partial charge is 0.226 e. The fraction of sp³-hybridized carbons (Fsp3) is 0.222. The van der Waals surface area contributed by atoms with Crippen LogP contribution in [0.4, 0.5) is 11.4 Å². The van der Waals surface area contributed by atoms with Crippen LogP contribution >= 0.6 is 0 Å². The zero-order valence-corrected chi connectivity index (χ0v) is 7.16. The SMILES string of the molecule is Nc1cccc(NC(=O)CCO)c1. The van der Waals surface area contributed by atoms with E-state index in [1.807, 2.05) is 0 Å². The first-order valence-electron chi connectivity index (χ1n) is 3.98. The van der Waals surface area contributed by atoms with Crippen LogP contribution in [0.1, 0.15) is 6.42 Å². The minimum atomic E-state index is -0.215. The third-order valence-electron chi connectivity index (χ3n) is 1.51. The molecule has 13 heavy (non-hydrogen) atoms. The summed E-state index contributed by atoms with van der Waals surface area (Å²) in [6.07, 6.45) is 0.106. The lowest BCUT2D eigenvalue weighted by atomic mass is 10.3. The molecule has 0 atom stereocenters. The van der Waals surface area contributed by atoms with Crippen molar-refractivity contribution >= 4 is 17.3 Å². The number of aliphatic hydroxyl groups is 1. The topological polar surface area (TPSA) is 75.3 Å². The predicted molar refractivity (Wildman–Crippen MR) is 51.2 cm³/mol. The summed E-state index contributed by atoms with van der Waals surface area (Å²) < 4.78 is 0. The van der Waals surface area contributed by atoms with E-state index in [9.17, 15) is 4.79 Å². The summed E-state index contributed by atoms with van der Waals surface area (Å²) in [5.41, 5.74) is 6.76. The van der Waals surface area contributed by atoms with Crippen LogP contribution in [0.5, 0.6) is 0 Å². The van der Waals surface area contributed by atoms with Gasteiger partial charge in [-0.3, -0.25) is 4.79 Å². The van der Waals surface area contributed by atoms with Gasteiger partial charge in [0.05, 0.1) is 13.0 Å². The Morgan fingerprint density at radius 1 is 1.54 bits per heavy atom. The van der Waals surface area contributed by atoms with Crippen LogP contribution in [0, 0.1) is 0 Å². The zero-order chi connectivity index (χ0) is 9.68. The van der Waals surface area contributed by atoms with Crippen LogP contribution in [0.3, 0.4) is 0 Å². The molecule has 0 saturated carbocycles. The lowest BCUT2D eigenvalue weighted by molar-refractivity contribution is -0.116. The quantitative estimate of drug-likeness (QED) is 0.596. The molecular weight excluding hydrogens is 168 g/mol. The Balaban J connectivity index is 2.58. The molecule has 1 amide bonds. The summed E-state index contributed by atoms with van der Waals surface area (Å²) in [6.45, 7) is -0.145. The van der Waals surface area contributed by atoms with Crippen molar-refractivity contribution in [2.24, 2.45) is 0 Å². The van der Waals surface area contributed by atoms with Gasteiger partial charge in [0.1, 0.15) is 0 Å². The van der Waals surface area contributed by atoms with E-state index in [0.717, 1.165) is 0 Å². The van der Waals surface area contributed by atoms with E-state index in [2.05, 4.69) is 5.32 Å². The number of amides is 1. The summed E-state index contributed by atoms with van der Waals surface area (Å²) in [5.74, 6) is -0.215. The van der Waals surface area contributed by atoms with E-state index in [1.165, 1.54) is 0 Å². The number of anilines is 2. The molecule has 0 radical (unpaired) electrons. The molecule has 0 aliphatic carbocycles. The highest BCUT2D eigenvalue weighted by Gasteiger charge is 2.00. The van der Waals surface area contributed by atoms with Gasteiger partial charge in [0.25, 0.3) is 0 Å². The van der Waals surface area contributed by atoms with Crippen molar-refractivity contribution in [3.05, 3.63) is 24.3 Å². The Hall–Kier alpha value is -1.55. The first-order chi connectivity index (χ1) is 6.22. The summed E-state index contributed by atoms with van der Waals surface area (Å²) in [4.78, 5) is 11.0. The van der Waals surface area contributed by atoms with Crippen molar-refractivity contribution in [1.82, 2.24) is 0 Å². The van der Waals surface area contributed by atoms with Crippen LogP contribution < -0.4 is 11.1 Å². The fourth-order valence-corrected chi connectivity index (χ4v) is 0.941. The number of carbonyl (C=O) groups is 1. The van der Waals surface area contributed by atoms with Crippen LogP contribution in [0.15, 0.2) is 24.3 Å². The molecule has 0 unspecified atom stereocenters. The first-order valence-corrected chi connectivity index (χ1v) is 3.98. The molecule has 0 fully saturated rings. The number of aliphatic hydroxyl groups excluding tert-OH is 1. The Bertz CT molecular complexity index is 299. The summed E-state index contributed by atoms with van der Waals surface area (Å²) in [6, 6.07) is 6.90. The molecule has 1 aromatic rings. The maximum Gasteiger partial charge on any atom is 0.226 e. The highest BCUT2D eigenvalue weighted by molar-refractivity contribution is 5.91. The number of nitrogens with one attached hydrogen (secondary N) is 1. The van der Waals surface area contributed by atoms with E-state index in [4.69, 9.17) is 10.8 Å². The van der Waals surface area contributed by atoms with Crippen molar-refractivity contribution in [2.75, 3.05) is 17.7 Å². The molecule has 0 aromatic heterocycles. The molecule has 0 aliphatic rings. The van der Waals surface area contributed by atoms with E-state index < -0.39 is 0 Å². The molecule has 4 N–H and O–H groups in total. The molecule has 70 valence electrons. The number of carbonyl (C=O) groups excluding carboxylic acids is 1. The van der Waals surface area contributed by atoms with Gasteiger partial charge >= 0.3 is 0 Å². The van der Waals surface area contributed by atoms with Gasteiger partial charge in [0.15, 0.2) is 0 Å². The second-order valence-corrected chi connectivity index (χ2v) is 2.65. The van der Waals surface area contributed by atoms with Crippen molar-refractivity contribution in [3.63, 3.8) is 0 Å². The summed E-state index contributed by atoms with van der Waals surface area (Å²) in [7, 11) is 0. The van der Waals surface area contributed by atoms with Crippen LogP contribution in [-0.4, -0.2) is 17.6 Å². The molecule has 0 heterocycles. The van der Waals surface area contributed by atoms with E-state index >= 15 is 0 Å². The Labute approximate surface area is 76.4 Å². The maximum atomic E-state index is 11.0. The van der Waals surface area contributed by atoms with Gasteiger partial charge in [-0.1, -0.05) is 6.07 Å². The number of hydrogen-bond donors (Lipinski definition) is 3. The second kappa shape index (κ2) is 4.47. The third kappa shape index (κ3) is 3.13. The van der Waals surface area contributed by atoms with Crippen LogP contribution in [-0.2, 0) is 4.79 Å². The molecule has 0 bridgehead atoms. The second-order valence-electron chi connectivity index (χ2n) is 2.65. The molecule has 0 saturated heterocycles. The van der Waals surface area contributed by atoms with Crippen LogP contribution in [0.2, 0.25) is 0 Å². The van der Waals surface area contributed by atoms with E-state index in [0.29, 0.717) is 11.4 Å². The van der Waals surface area contributed by atoms with Crippen molar-refractivity contribution < 1.29 is 9.90 Å². The Morgan fingerprint density at radius 2 is 2.31 bits per heavy atom. The van der Waals surface area contributed by atoms with Gasteiger partial charge in [0, 0.05) is 11.4 Å². The molecule has 0 aliphatic heterocycles. The number of nitrogen functional groups attached to an aromatic ring is 1.